The normalized spacial score (nSPS) is 32.1. The molecule has 0 amide bonds. The molecular weight excluding hydrogens is 142 g/mol. The highest BCUT2D eigenvalue weighted by atomic mass is 35.5. The molecule has 0 saturated carbocycles. The molecule has 2 atom stereocenters. The van der Waals surface area contributed by atoms with E-state index in [1.165, 1.54) is 0 Å². The molecule has 1 saturated heterocycles. The maximum atomic E-state index is 10.1. The highest BCUT2D eigenvalue weighted by molar-refractivity contribution is 5.85. The Morgan fingerprint density at radius 1 is 1.78 bits per heavy atom. The Hall–Kier alpha value is -0.280. The molecule has 9 heavy (non-hydrogen) atoms. The summed E-state index contributed by atoms with van der Waals surface area (Å²) >= 11 is 0. The molecule has 54 valence electrons. The largest absolute Gasteiger partial charge is 0.480 e. The van der Waals surface area contributed by atoms with Crippen molar-refractivity contribution in [3.05, 3.63) is 0 Å². The van der Waals surface area contributed by atoms with Crippen molar-refractivity contribution in [3.63, 3.8) is 0 Å². The molecule has 0 bridgehead atoms. The summed E-state index contributed by atoms with van der Waals surface area (Å²) in [6, 6.07) is 0.126. The number of carboxylic acid groups (broad SMARTS) is 1. The van der Waals surface area contributed by atoms with E-state index in [-0.39, 0.29) is 18.4 Å². The van der Waals surface area contributed by atoms with Crippen LogP contribution in [-0.4, -0.2) is 23.2 Å². The van der Waals surface area contributed by atoms with Crippen LogP contribution in [0.15, 0.2) is 0 Å². The Labute approximate surface area is 59.9 Å². The maximum absolute atomic E-state index is 10.1. The molecule has 1 rings (SSSR count). The lowest BCUT2D eigenvalue weighted by Crippen LogP contribution is -2.54. The van der Waals surface area contributed by atoms with E-state index >= 15 is 0 Å². The Bertz CT molecular complexity index is 112. The second kappa shape index (κ2) is 3.03. The lowest BCUT2D eigenvalue weighted by Gasteiger charge is -2.30. The molecule has 4 heteroatoms. The van der Waals surface area contributed by atoms with Crippen LogP contribution in [0.4, 0.5) is 0 Å². The summed E-state index contributed by atoms with van der Waals surface area (Å²) in [4.78, 5) is 10.1. The fraction of sp³-hybridized carbons (Fsp3) is 0.800. The molecule has 0 aromatic carbocycles. The van der Waals surface area contributed by atoms with Crippen molar-refractivity contribution in [2.24, 2.45) is 0 Å². The van der Waals surface area contributed by atoms with E-state index in [0.717, 1.165) is 6.42 Å². The van der Waals surface area contributed by atoms with Gasteiger partial charge in [-0.15, -0.1) is 12.4 Å². The number of carbonyl (C=O) groups is 1. The molecule has 0 unspecified atom stereocenters. The van der Waals surface area contributed by atoms with E-state index in [9.17, 15) is 4.79 Å². The van der Waals surface area contributed by atoms with Gasteiger partial charge in [-0.25, -0.2) is 0 Å². The molecule has 0 spiro atoms. The average Bonchev–Trinajstić information content (AvgIpc) is 1.57. The molecule has 1 fully saturated rings. The zero-order valence-corrected chi connectivity index (χ0v) is 5.94. The summed E-state index contributed by atoms with van der Waals surface area (Å²) in [7, 11) is 0. The molecule has 1 aliphatic rings. The standard InChI is InChI=1S/C5H9NO2.ClH/c1-3-2-4(6-3)5(7)8;/h3-4,6H,2H2,1H3,(H,7,8);1H/t3-,4-;/m1./s1. The molecular formula is C5H10ClNO2. The summed E-state index contributed by atoms with van der Waals surface area (Å²) in [5, 5.41) is 11.1. The molecule has 2 N–H and O–H groups in total. The molecule has 0 aliphatic carbocycles. The van der Waals surface area contributed by atoms with Crippen LogP contribution < -0.4 is 5.32 Å². The van der Waals surface area contributed by atoms with E-state index in [2.05, 4.69) is 5.32 Å². The van der Waals surface area contributed by atoms with Crippen LogP contribution in [-0.2, 0) is 4.79 Å². The van der Waals surface area contributed by atoms with Gasteiger partial charge in [0.1, 0.15) is 6.04 Å². The second-order valence-electron chi connectivity index (χ2n) is 2.19. The number of hydrogen-bond acceptors (Lipinski definition) is 2. The fourth-order valence-electron chi connectivity index (χ4n) is 0.845. The SMILES string of the molecule is C[C@@H]1C[C@H](C(=O)O)N1.Cl. The zero-order chi connectivity index (χ0) is 6.15. The van der Waals surface area contributed by atoms with Gasteiger partial charge in [-0.05, 0) is 13.3 Å². The number of aliphatic carboxylic acids is 1. The van der Waals surface area contributed by atoms with Gasteiger partial charge < -0.3 is 10.4 Å². The number of hydrogen-bond donors (Lipinski definition) is 2. The topological polar surface area (TPSA) is 49.3 Å². The van der Waals surface area contributed by atoms with E-state index < -0.39 is 5.97 Å². The van der Waals surface area contributed by atoms with Gasteiger partial charge in [0, 0.05) is 6.04 Å². The fourth-order valence-corrected chi connectivity index (χ4v) is 0.845. The van der Waals surface area contributed by atoms with Crippen LogP contribution in [0.3, 0.4) is 0 Å². The van der Waals surface area contributed by atoms with Crippen LogP contribution >= 0.6 is 12.4 Å². The molecule has 0 radical (unpaired) electrons. The smallest absolute Gasteiger partial charge is 0.320 e. The monoisotopic (exact) mass is 151 g/mol. The number of carboxylic acids is 1. The molecule has 0 aromatic heterocycles. The lowest BCUT2D eigenvalue weighted by atomic mass is 9.99. The van der Waals surface area contributed by atoms with E-state index in [1.807, 2.05) is 6.92 Å². The zero-order valence-electron chi connectivity index (χ0n) is 5.13. The van der Waals surface area contributed by atoms with Crippen LogP contribution in [0.1, 0.15) is 13.3 Å². The second-order valence-corrected chi connectivity index (χ2v) is 2.19. The van der Waals surface area contributed by atoms with Gasteiger partial charge >= 0.3 is 5.97 Å². The Kier molecular flexibility index (Phi) is 2.94. The first kappa shape index (κ1) is 8.72. The molecule has 1 heterocycles. The highest BCUT2D eigenvalue weighted by Gasteiger charge is 2.29. The number of rotatable bonds is 1. The van der Waals surface area contributed by atoms with Gasteiger partial charge in [0.05, 0.1) is 0 Å². The van der Waals surface area contributed by atoms with Crippen LogP contribution in [0, 0.1) is 0 Å². The molecule has 1 aliphatic heterocycles. The van der Waals surface area contributed by atoms with Crippen LogP contribution in [0.2, 0.25) is 0 Å². The van der Waals surface area contributed by atoms with E-state index in [0.29, 0.717) is 6.04 Å². The first-order chi connectivity index (χ1) is 3.70. The van der Waals surface area contributed by atoms with Crippen molar-refractivity contribution in [1.29, 1.82) is 0 Å². The first-order valence-electron chi connectivity index (χ1n) is 2.69. The first-order valence-corrected chi connectivity index (χ1v) is 2.69. The van der Waals surface area contributed by atoms with Crippen molar-refractivity contribution >= 4 is 18.4 Å². The molecule has 0 aromatic rings. The highest BCUT2D eigenvalue weighted by Crippen LogP contribution is 2.09. The summed E-state index contributed by atoms with van der Waals surface area (Å²) in [5.41, 5.74) is 0. The van der Waals surface area contributed by atoms with Crippen molar-refractivity contribution in [1.82, 2.24) is 5.32 Å². The third kappa shape index (κ3) is 1.84. The van der Waals surface area contributed by atoms with Gasteiger partial charge in [-0.1, -0.05) is 0 Å². The number of halogens is 1. The third-order valence-electron chi connectivity index (χ3n) is 1.37. The van der Waals surface area contributed by atoms with Crippen LogP contribution in [0.25, 0.3) is 0 Å². The summed E-state index contributed by atoms with van der Waals surface area (Å²) in [5.74, 6) is -0.733. The predicted molar refractivity (Wildman–Crippen MR) is 35.9 cm³/mol. The van der Waals surface area contributed by atoms with Crippen molar-refractivity contribution < 1.29 is 9.90 Å². The van der Waals surface area contributed by atoms with E-state index in [1.54, 1.807) is 0 Å². The Morgan fingerprint density at radius 2 is 2.22 bits per heavy atom. The van der Waals surface area contributed by atoms with Gasteiger partial charge in [-0.3, -0.25) is 4.79 Å². The summed E-state index contributed by atoms with van der Waals surface area (Å²) < 4.78 is 0. The lowest BCUT2D eigenvalue weighted by molar-refractivity contribution is -0.142. The Balaban J connectivity index is 0.000000640. The third-order valence-corrected chi connectivity index (χ3v) is 1.37. The average molecular weight is 152 g/mol. The van der Waals surface area contributed by atoms with Gasteiger partial charge in [-0.2, -0.15) is 0 Å². The predicted octanol–water partition coefficient (Wildman–Crippen LogP) is 0.243. The Morgan fingerprint density at radius 3 is 2.33 bits per heavy atom. The summed E-state index contributed by atoms with van der Waals surface area (Å²) in [6.45, 7) is 1.97. The van der Waals surface area contributed by atoms with Crippen LogP contribution in [0.5, 0.6) is 0 Å². The van der Waals surface area contributed by atoms with Crippen molar-refractivity contribution in [3.8, 4) is 0 Å². The maximum Gasteiger partial charge on any atom is 0.320 e. The minimum atomic E-state index is -0.733. The van der Waals surface area contributed by atoms with E-state index in [4.69, 9.17) is 5.11 Å². The van der Waals surface area contributed by atoms with Crippen molar-refractivity contribution in [2.45, 2.75) is 25.4 Å². The minimum Gasteiger partial charge on any atom is -0.480 e. The molecule has 3 nitrogen and oxygen atoms in total. The quantitative estimate of drug-likeness (QED) is 0.565. The van der Waals surface area contributed by atoms with Crippen molar-refractivity contribution in [2.75, 3.05) is 0 Å². The summed E-state index contributed by atoms with van der Waals surface area (Å²) in [6.07, 6.45) is 0.773. The van der Waals surface area contributed by atoms with Gasteiger partial charge in [0.2, 0.25) is 0 Å². The van der Waals surface area contributed by atoms with Gasteiger partial charge in [0.15, 0.2) is 0 Å². The van der Waals surface area contributed by atoms with Gasteiger partial charge in [0.25, 0.3) is 0 Å². The number of nitrogens with one attached hydrogen (secondary N) is 1. The minimum absolute atomic E-state index is 0.